The summed E-state index contributed by atoms with van der Waals surface area (Å²) >= 11 is 1.68. The molecule has 0 radical (unpaired) electrons. The van der Waals surface area contributed by atoms with E-state index in [4.69, 9.17) is 0 Å². The maximum absolute atomic E-state index is 12.4. The quantitative estimate of drug-likeness (QED) is 0.638. The second kappa shape index (κ2) is 9.15. The van der Waals surface area contributed by atoms with Crippen LogP contribution in [0.3, 0.4) is 0 Å². The highest BCUT2D eigenvalue weighted by Crippen LogP contribution is 2.22. The largest absolute Gasteiger partial charge is 0.352 e. The van der Waals surface area contributed by atoms with E-state index in [1.165, 1.54) is 0 Å². The molecule has 0 aliphatic rings. The third kappa shape index (κ3) is 4.70. The first-order chi connectivity index (χ1) is 12.8. The zero-order valence-corrected chi connectivity index (χ0v) is 15.5. The van der Waals surface area contributed by atoms with E-state index in [0.29, 0.717) is 18.8 Å². The van der Waals surface area contributed by atoms with Crippen molar-refractivity contribution in [3.8, 4) is 11.4 Å². The van der Waals surface area contributed by atoms with Gasteiger partial charge in [0.2, 0.25) is 0 Å². The van der Waals surface area contributed by atoms with Crippen LogP contribution in [-0.4, -0.2) is 28.2 Å². The first-order valence-electron chi connectivity index (χ1n) is 8.64. The van der Waals surface area contributed by atoms with Crippen molar-refractivity contribution in [1.82, 2.24) is 15.3 Å². The van der Waals surface area contributed by atoms with Crippen LogP contribution in [0.4, 0.5) is 0 Å². The lowest BCUT2D eigenvalue weighted by molar-refractivity contribution is 0.0951. The second-order valence-corrected chi connectivity index (χ2v) is 7.02. The molecule has 3 rings (SSSR count). The smallest absolute Gasteiger partial charge is 0.252 e. The molecule has 132 valence electrons. The molecule has 0 aliphatic carbocycles. The van der Waals surface area contributed by atoms with E-state index in [-0.39, 0.29) is 5.91 Å². The van der Waals surface area contributed by atoms with Gasteiger partial charge < -0.3 is 5.32 Å². The molecule has 0 saturated carbocycles. The lowest BCUT2D eigenvalue weighted by Gasteiger charge is -2.09. The Bertz CT molecular complexity index is 851. The Morgan fingerprint density at radius 2 is 1.69 bits per heavy atom. The first kappa shape index (κ1) is 18.1. The molecule has 1 amide bonds. The Labute approximate surface area is 158 Å². The van der Waals surface area contributed by atoms with E-state index in [0.717, 1.165) is 27.3 Å². The van der Waals surface area contributed by atoms with Gasteiger partial charge in [0, 0.05) is 29.4 Å². The van der Waals surface area contributed by atoms with Crippen molar-refractivity contribution >= 4 is 17.7 Å². The van der Waals surface area contributed by atoms with Crippen LogP contribution in [0.5, 0.6) is 0 Å². The molecule has 3 aromatic rings. The van der Waals surface area contributed by atoms with Crippen LogP contribution in [0.1, 0.15) is 22.8 Å². The predicted octanol–water partition coefficient (Wildman–Crippen LogP) is 4.23. The van der Waals surface area contributed by atoms with Crippen molar-refractivity contribution in [1.29, 1.82) is 0 Å². The van der Waals surface area contributed by atoms with Gasteiger partial charge in [0.15, 0.2) is 5.82 Å². The Kier molecular flexibility index (Phi) is 6.39. The topological polar surface area (TPSA) is 54.9 Å². The van der Waals surface area contributed by atoms with Gasteiger partial charge in [-0.3, -0.25) is 4.79 Å². The summed E-state index contributed by atoms with van der Waals surface area (Å²) < 4.78 is 0. The number of carbonyl (C=O) groups excluding carboxylic acids is 1. The zero-order chi connectivity index (χ0) is 18.2. The Balaban J connectivity index is 1.56. The maximum atomic E-state index is 12.4. The Morgan fingerprint density at radius 1 is 1.00 bits per heavy atom. The van der Waals surface area contributed by atoms with Crippen molar-refractivity contribution in [3.63, 3.8) is 0 Å². The fourth-order valence-corrected chi connectivity index (χ4v) is 3.37. The normalized spacial score (nSPS) is 10.5. The van der Waals surface area contributed by atoms with Gasteiger partial charge in [-0.15, -0.1) is 11.8 Å². The molecule has 0 aliphatic heterocycles. The number of thioether (sulfide) groups is 1. The van der Waals surface area contributed by atoms with Crippen LogP contribution in [-0.2, 0) is 6.42 Å². The molecular formula is C21H21N3OS. The summed E-state index contributed by atoms with van der Waals surface area (Å²) in [5.41, 5.74) is 2.73. The fraction of sp³-hybridized carbons (Fsp3) is 0.190. The summed E-state index contributed by atoms with van der Waals surface area (Å²) in [6, 6.07) is 17.6. The maximum Gasteiger partial charge on any atom is 0.252 e. The number of rotatable bonds is 7. The zero-order valence-electron chi connectivity index (χ0n) is 14.7. The van der Waals surface area contributed by atoms with Gasteiger partial charge in [0.05, 0.1) is 5.56 Å². The third-order valence-electron chi connectivity index (χ3n) is 3.87. The summed E-state index contributed by atoms with van der Waals surface area (Å²) in [6.45, 7) is 2.64. The molecule has 0 atom stereocenters. The van der Waals surface area contributed by atoms with Gasteiger partial charge in [-0.2, -0.15) is 0 Å². The van der Waals surface area contributed by atoms with E-state index in [9.17, 15) is 4.79 Å². The number of amides is 1. The number of benzene rings is 2. The van der Waals surface area contributed by atoms with Gasteiger partial charge in [-0.25, -0.2) is 9.97 Å². The lowest BCUT2D eigenvalue weighted by atomic mass is 10.2. The number of hydrogen-bond acceptors (Lipinski definition) is 4. The van der Waals surface area contributed by atoms with E-state index in [2.05, 4.69) is 22.2 Å². The Hall–Kier alpha value is -2.66. The molecule has 0 unspecified atom stereocenters. The van der Waals surface area contributed by atoms with Gasteiger partial charge in [-0.05, 0) is 29.9 Å². The highest BCUT2D eigenvalue weighted by molar-refractivity contribution is 7.99. The number of hydrogen-bond donors (Lipinski definition) is 1. The summed E-state index contributed by atoms with van der Waals surface area (Å²) in [5, 5.41) is 2.98. The molecule has 0 spiro atoms. The summed E-state index contributed by atoms with van der Waals surface area (Å²) in [7, 11) is 0. The van der Waals surface area contributed by atoms with Crippen LogP contribution in [0.2, 0.25) is 0 Å². The third-order valence-corrected chi connectivity index (χ3v) is 4.82. The molecule has 5 heteroatoms. The van der Waals surface area contributed by atoms with Crippen molar-refractivity contribution in [2.24, 2.45) is 0 Å². The van der Waals surface area contributed by atoms with Gasteiger partial charge in [0.1, 0.15) is 0 Å². The molecule has 0 saturated heterocycles. The van der Waals surface area contributed by atoms with Gasteiger partial charge in [-0.1, -0.05) is 49.4 Å². The Morgan fingerprint density at radius 3 is 2.42 bits per heavy atom. The molecule has 26 heavy (non-hydrogen) atoms. The lowest BCUT2D eigenvalue weighted by Crippen LogP contribution is -2.26. The van der Waals surface area contributed by atoms with Crippen LogP contribution in [0, 0.1) is 0 Å². The molecule has 0 bridgehead atoms. The fourth-order valence-electron chi connectivity index (χ4n) is 2.57. The summed E-state index contributed by atoms with van der Waals surface area (Å²) in [5.74, 6) is 1.61. The number of nitrogens with zero attached hydrogens (tertiary/aromatic N) is 2. The van der Waals surface area contributed by atoms with Crippen molar-refractivity contribution in [3.05, 3.63) is 78.1 Å². The molecule has 1 N–H and O–H groups in total. The first-order valence-corrected chi connectivity index (χ1v) is 9.63. The average Bonchev–Trinajstić information content (AvgIpc) is 2.70. The molecule has 1 heterocycles. The average molecular weight is 363 g/mol. The van der Waals surface area contributed by atoms with Crippen LogP contribution >= 0.6 is 11.8 Å². The van der Waals surface area contributed by atoms with Crippen LogP contribution in [0.25, 0.3) is 11.4 Å². The molecule has 2 aromatic carbocycles. The minimum absolute atomic E-state index is 0.0385. The minimum Gasteiger partial charge on any atom is -0.352 e. The van der Waals surface area contributed by atoms with Crippen molar-refractivity contribution in [2.75, 3.05) is 12.3 Å². The van der Waals surface area contributed by atoms with E-state index >= 15 is 0 Å². The summed E-state index contributed by atoms with van der Waals surface area (Å²) in [4.78, 5) is 22.3. The summed E-state index contributed by atoms with van der Waals surface area (Å²) in [6.07, 6.45) is 4.34. The number of nitrogens with one attached hydrogen (secondary N) is 1. The molecular weight excluding hydrogens is 342 g/mol. The molecule has 1 aromatic heterocycles. The van der Waals surface area contributed by atoms with Crippen LogP contribution < -0.4 is 5.32 Å². The number of carbonyl (C=O) groups is 1. The molecule has 0 fully saturated rings. The molecule has 4 nitrogen and oxygen atoms in total. The van der Waals surface area contributed by atoms with E-state index in [1.807, 2.05) is 67.0 Å². The van der Waals surface area contributed by atoms with Crippen LogP contribution in [0.15, 0.2) is 71.9 Å². The van der Waals surface area contributed by atoms with Gasteiger partial charge >= 0.3 is 0 Å². The highest BCUT2D eigenvalue weighted by Gasteiger charge is 2.10. The van der Waals surface area contributed by atoms with Gasteiger partial charge in [0.25, 0.3) is 5.91 Å². The standard InChI is InChI=1S/C21H21N3OS/c1-2-26-19-11-7-6-10-18(19)21(25)22-13-12-16-14-23-20(24-15-16)17-8-4-3-5-9-17/h3-11,14-15H,2,12-13H2,1H3,(H,22,25). The highest BCUT2D eigenvalue weighted by atomic mass is 32.2. The number of aromatic nitrogens is 2. The monoisotopic (exact) mass is 363 g/mol. The minimum atomic E-state index is -0.0385. The van der Waals surface area contributed by atoms with Crippen molar-refractivity contribution in [2.45, 2.75) is 18.2 Å². The second-order valence-electron chi connectivity index (χ2n) is 5.72. The SMILES string of the molecule is CCSc1ccccc1C(=O)NCCc1cnc(-c2ccccc2)nc1. The van der Waals surface area contributed by atoms with E-state index < -0.39 is 0 Å². The van der Waals surface area contributed by atoms with Crippen molar-refractivity contribution < 1.29 is 4.79 Å². The van der Waals surface area contributed by atoms with E-state index in [1.54, 1.807) is 11.8 Å². The predicted molar refractivity (Wildman–Crippen MR) is 106 cm³/mol.